The maximum atomic E-state index is 4.29. The molecule has 2 aromatic heterocycles. The molecule has 2 aromatic rings. The lowest BCUT2D eigenvalue weighted by Gasteiger charge is -2.05. The van der Waals surface area contributed by atoms with Gasteiger partial charge in [0, 0.05) is 21.7 Å². The van der Waals surface area contributed by atoms with Gasteiger partial charge in [0.05, 0.1) is 11.6 Å². The predicted molar refractivity (Wildman–Crippen MR) is 70.9 cm³/mol. The Morgan fingerprint density at radius 1 is 1.31 bits per heavy atom. The summed E-state index contributed by atoms with van der Waals surface area (Å²) >= 11 is 5.13. The van der Waals surface area contributed by atoms with Crippen LogP contribution in [0.1, 0.15) is 15.4 Å². The molecule has 0 fully saturated rings. The van der Waals surface area contributed by atoms with Crippen LogP contribution in [-0.2, 0) is 6.54 Å². The van der Waals surface area contributed by atoms with Crippen LogP contribution in [0.15, 0.2) is 22.9 Å². The first kappa shape index (κ1) is 11.5. The van der Waals surface area contributed by atoms with Crippen molar-refractivity contribution in [1.82, 2.24) is 9.97 Å². The number of aryl methyl sites for hydroxylation is 2. The number of pyridine rings is 1. The topological polar surface area (TPSA) is 37.8 Å². The number of thiazole rings is 1. The molecule has 84 valence electrons. The van der Waals surface area contributed by atoms with E-state index in [-0.39, 0.29) is 0 Å². The highest BCUT2D eigenvalue weighted by Gasteiger charge is 2.00. The second kappa shape index (κ2) is 4.93. The van der Waals surface area contributed by atoms with Crippen molar-refractivity contribution in [3.8, 4) is 0 Å². The van der Waals surface area contributed by atoms with E-state index in [1.807, 2.05) is 32.3 Å². The molecule has 2 heterocycles. The van der Waals surface area contributed by atoms with E-state index in [1.165, 1.54) is 10.4 Å². The van der Waals surface area contributed by atoms with Crippen molar-refractivity contribution in [2.45, 2.75) is 20.4 Å². The van der Waals surface area contributed by atoms with Crippen LogP contribution in [0.3, 0.4) is 0 Å². The molecule has 0 aliphatic heterocycles. The molecule has 5 heteroatoms. The summed E-state index contributed by atoms with van der Waals surface area (Å²) in [5, 5.41) is 4.37. The molecule has 0 radical (unpaired) electrons. The summed E-state index contributed by atoms with van der Waals surface area (Å²) in [4.78, 5) is 9.72. The van der Waals surface area contributed by atoms with E-state index in [4.69, 9.17) is 0 Å². The smallest absolute Gasteiger partial charge is 0.126 e. The number of nitrogens with zero attached hydrogens (tertiary/aromatic N) is 2. The standard InChI is InChI=1S/C11H12BrN3S/c1-7-3-11(15-6-10(7)12)14-5-9-4-13-8(2)16-9/h3-4,6H,5H2,1-2H3,(H,14,15). The third-order valence-corrected chi connectivity index (χ3v) is 3.90. The molecule has 1 N–H and O–H groups in total. The maximum Gasteiger partial charge on any atom is 0.126 e. The van der Waals surface area contributed by atoms with Crippen molar-refractivity contribution in [3.63, 3.8) is 0 Å². The Kier molecular flexibility index (Phi) is 3.56. The summed E-state index contributed by atoms with van der Waals surface area (Å²) in [6, 6.07) is 2.03. The second-order valence-corrected chi connectivity index (χ2v) is 5.69. The lowest BCUT2D eigenvalue weighted by atomic mass is 10.3. The molecule has 0 atom stereocenters. The molecule has 0 spiro atoms. The molecular formula is C11H12BrN3S. The second-order valence-electron chi connectivity index (χ2n) is 3.52. The van der Waals surface area contributed by atoms with Crippen molar-refractivity contribution >= 4 is 33.1 Å². The van der Waals surface area contributed by atoms with Crippen LogP contribution in [0, 0.1) is 13.8 Å². The van der Waals surface area contributed by atoms with Gasteiger partial charge in [-0.05, 0) is 41.4 Å². The molecule has 0 bridgehead atoms. The normalized spacial score (nSPS) is 10.4. The van der Waals surface area contributed by atoms with Crippen LogP contribution < -0.4 is 5.32 Å². The lowest BCUT2D eigenvalue weighted by Crippen LogP contribution is -2.00. The first-order valence-electron chi connectivity index (χ1n) is 4.92. The van der Waals surface area contributed by atoms with Gasteiger partial charge in [-0.25, -0.2) is 9.97 Å². The first-order valence-corrected chi connectivity index (χ1v) is 6.53. The third kappa shape index (κ3) is 2.80. The largest absolute Gasteiger partial charge is 0.365 e. The quantitative estimate of drug-likeness (QED) is 0.942. The summed E-state index contributed by atoms with van der Waals surface area (Å²) in [7, 11) is 0. The van der Waals surface area contributed by atoms with Gasteiger partial charge in [-0.15, -0.1) is 11.3 Å². The molecular weight excluding hydrogens is 286 g/mol. The number of anilines is 1. The van der Waals surface area contributed by atoms with Gasteiger partial charge in [-0.3, -0.25) is 0 Å². The zero-order chi connectivity index (χ0) is 11.5. The van der Waals surface area contributed by atoms with Crippen molar-refractivity contribution in [1.29, 1.82) is 0 Å². The molecule has 0 saturated heterocycles. The van der Waals surface area contributed by atoms with Crippen LogP contribution in [-0.4, -0.2) is 9.97 Å². The van der Waals surface area contributed by atoms with Crippen molar-refractivity contribution < 1.29 is 0 Å². The molecule has 0 aliphatic rings. The van der Waals surface area contributed by atoms with Crippen LogP contribution in [0.25, 0.3) is 0 Å². The zero-order valence-corrected chi connectivity index (χ0v) is 11.5. The van der Waals surface area contributed by atoms with E-state index in [1.54, 1.807) is 11.3 Å². The number of hydrogen-bond acceptors (Lipinski definition) is 4. The Morgan fingerprint density at radius 2 is 2.12 bits per heavy atom. The van der Waals surface area contributed by atoms with Gasteiger partial charge < -0.3 is 5.32 Å². The molecule has 16 heavy (non-hydrogen) atoms. The van der Waals surface area contributed by atoms with E-state index in [0.717, 1.165) is 21.8 Å². The molecule has 2 rings (SSSR count). The van der Waals surface area contributed by atoms with Gasteiger partial charge in [-0.2, -0.15) is 0 Å². The summed E-state index contributed by atoms with van der Waals surface area (Å²) in [5.74, 6) is 0.895. The van der Waals surface area contributed by atoms with E-state index in [9.17, 15) is 0 Å². The van der Waals surface area contributed by atoms with Gasteiger partial charge in [0.1, 0.15) is 5.82 Å². The summed E-state index contributed by atoms with van der Waals surface area (Å²) in [5.41, 5.74) is 1.18. The average Bonchev–Trinajstić information content (AvgIpc) is 2.66. The molecule has 0 aliphatic carbocycles. The molecule has 3 nitrogen and oxygen atoms in total. The van der Waals surface area contributed by atoms with Gasteiger partial charge in [0.15, 0.2) is 0 Å². The Morgan fingerprint density at radius 3 is 2.75 bits per heavy atom. The fraction of sp³-hybridized carbons (Fsp3) is 0.273. The van der Waals surface area contributed by atoms with E-state index in [0.29, 0.717) is 0 Å². The lowest BCUT2D eigenvalue weighted by molar-refractivity contribution is 1.12. The highest BCUT2D eigenvalue weighted by atomic mass is 79.9. The fourth-order valence-electron chi connectivity index (χ4n) is 1.30. The summed E-state index contributed by atoms with van der Waals surface area (Å²) in [6.45, 7) is 4.84. The maximum absolute atomic E-state index is 4.29. The minimum atomic E-state index is 0.777. The van der Waals surface area contributed by atoms with Crippen molar-refractivity contribution in [2.75, 3.05) is 5.32 Å². The Balaban J connectivity index is 2.02. The monoisotopic (exact) mass is 297 g/mol. The Bertz CT molecular complexity index is 496. The van der Waals surface area contributed by atoms with Crippen LogP contribution >= 0.6 is 27.3 Å². The van der Waals surface area contributed by atoms with E-state index < -0.39 is 0 Å². The first-order chi connectivity index (χ1) is 7.65. The van der Waals surface area contributed by atoms with Crippen LogP contribution in [0.2, 0.25) is 0 Å². The summed E-state index contributed by atoms with van der Waals surface area (Å²) < 4.78 is 1.03. The summed E-state index contributed by atoms with van der Waals surface area (Å²) in [6.07, 6.45) is 3.72. The van der Waals surface area contributed by atoms with E-state index in [2.05, 4.69) is 31.2 Å². The number of hydrogen-bond donors (Lipinski definition) is 1. The fourth-order valence-corrected chi connectivity index (χ4v) is 2.25. The highest BCUT2D eigenvalue weighted by molar-refractivity contribution is 9.10. The Hall–Kier alpha value is -0.940. The molecule has 0 amide bonds. The van der Waals surface area contributed by atoms with Gasteiger partial charge >= 0.3 is 0 Å². The van der Waals surface area contributed by atoms with Crippen LogP contribution in [0.5, 0.6) is 0 Å². The number of nitrogens with one attached hydrogen (secondary N) is 1. The highest BCUT2D eigenvalue weighted by Crippen LogP contribution is 2.18. The van der Waals surface area contributed by atoms with Crippen molar-refractivity contribution in [2.24, 2.45) is 0 Å². The van der Waals surface area contributed by atoms with Gasteiger partial charge in [0.2, 0.25) is 0 Å². The van der Waals surface area contributed by atoms with Gasteiger partial charge in [-0.1, -0.05) is 0 Å². The predicted octanol–water partition coefficient (Wildman–Crippen LogP) is 3.53. The molecule has 0 aromatic carbocycles. The minimum absolute atomic E-state index is 0.777. The zero-order valence-electron chi connectivity index (χ0n) is 9.12. The number of aromatic nitrogens is 2. The molecule has 0 unspecified atom stereocenters. The number of halogens is 1. The molecule has 0 saturated carbocycles. The van der Waals surface area contributed by atoms with Crippen LogP contribution in [0.4, 0.5) is 5.82 Å². The average molecular weight is 298 g/mol. The van der Waals surface area contributed by atoms with Gasteiger partial charge in [0.25, 0.3) is 0 Å². The minimum Gasteiger partial charge on any atom is -0.365 e. The SMILES string of the molecule is Cc1ncc(CNc2cc(C)c(Br)cn2)s1. The van der Waals surface area contributed by atoms with E-state index >= 15 is 0 Å². The Labute approximate surface area is 107 Å². The third-order valence-electron chi connectivity index (χ3n) is 2.16. The van der Waals surface area contributed by atoms with Crippen molar-refractivity contribution in [3.05, 3.63) is 38.4 Å². The number of rotatable bonds is 3.